The van der Waals surface area contributed by atoms with Crippen LogP contribution >= 0.6 is 0 Å². The third-order valence-corrected chi connectivity index (χ3v) is 5.39. The van der Waals surface area contributed by atoms with Crippen molar-refractivity contribution in [3.05, 3.63) is 0 Å². The van der Waals surface area contributed by atoms with Crippen molar-refractivity contribution in [2.45, 2.75) is 64.1 Å². The zero-order valence-electron chi connectivity index (χ0n) is 13.6. The molecule has 2 rings (SSSR count). The minimum Gasteiger partial charge on any atom is -0.480 e. The van der Waals surface area contributed by atoms with Crippen molar-refractivity contribution in [3.63, 3.8) is 0 Å². The molecule has 0 aromatic heterocycles. The van der Waals surface area contributed by atoms with Crippen LogP contribution in [0.25, 0.3) is 0 Å². The van der Waals surface area contributed by atoms with Gasteiger partial charge >= 0.3 is 5.97 Å². The molecule has 21 heavy (non-hydrogen) atoms. The molecule has 2 fully saturated rings. The number of β-amino-alcohol motifs (C(OH)–C–C–N with tert-alkyl or cyclic N) is 1. The van der Waals surface area contributed by atoms with Crippen molar-refractivity contribution >= 4 is 5.97 Å². The summed E-state index contributed by atoms with van der Waals surface area (Å²) < 4.78 is 0. The molecule has 2 unspecified atom stereocenters. The van der Waals surface area contributed by atoms with Crippen molar-refractivity contribution in [2.24, 2.45) is 5.92 Å². The standard InChI is InChI=1S/C16H30N2O3/c1-12(2)16(3,21)11-17-9-6-13(7-10-17)18-8-4-5-14(18)15(19)20/h12-14,21H,4-11H2,1-3H3,(H,19,20). The minimum atomic E-state index is -0.669. The summed E-state index contributed by atoms with van der Waals surface area (Å²) in [6, 6.07) is 0.120. The van der Waals surface area contributed by atoms with E-state index in [0.29, 0.717) is 12.6 Å². The molecule has 0 spiro atoms. The van der Waals surface area contributed by atoms with Gasteiger partial charge in [-0.1, -0.05) is 13.8 Å². The second-order valence-electron chi connectivity index (χ2n) is 7.25. The maximum atomic E-state index is 11.3. The number of carboxylic acids is 1. The Bertz CT molecular complexity index is 363. The number of likely N-dealkylation sites (tertiary alicyclic amines) is 2. The number of carboxylic acid groups (broad SMARTS) is 1. The lowest BCUT2D eigenvalue weighted by atomic mass is 9.91. The lowest BCUT2D eigenvalue weighted by molar-refractivity contribution is -0.143. The van der Waals surface area contributed by atoms with E-state index in [1.54, 1.807) is 0 Å². The summed E-state index contributed by atoms with van der Waals surface area (Å²) in [7, 11) is 0. The maximum absolute atomic E-state index is 11.3. The topological polar surface area (TPSA) is 64.0 Å². The Hall–Kier alpha value is -0.650. The number of carbonyl (C=O) groups is 1. The predicted octanol–water partition coefficient (Wildman–Crippen LogP) is 1.41. The van der Waals surface area contributed by atoms with Crippen LogP contribution in [-0.4, -0.2) is 69.8 Å². The van der Waals surface area contributed by atoms with Crippen LogP contribution in [0.5, 0.6) is 0 Å². The van der Waals surface area contributed by atoms with Crippen LogP contribution in [0.1, 0.15) is 46.5 Å². The molecule has 0 aromatic carbocycles. The number of aliphatic hydroxyl groups is 1. The highest BCUT2D eigenvalue weighted by molar-refractivity contribution is 5.73. The fourth-order valence-electron chi connectivity index (χ4n) is 3.54. The Morgan fingerprint density at radius 2 is 1.86 bits per heavy atom. The smallest absolute Gasteiger partial charge is 0.320 e. The molecule has 2 atom stereocenters. The molecule has 2 saturated heterocycles. The van der Waals surface area contributed by atoms with Crippen LogP contribution in [0.15, 0.2) is 0 Å². The fourth-order valence-corrected chi connectivity index (χ4v) is 3.54. The average molecular weight is 298 g/mol. The first-order chi connectivity index (χ1) is 9.81. The quantitative estimate of drug-likeness (QED) is 0.803. The number of piperidine rings is 1. The number of aliphatic carboxylic acids is 1. The molecule has 2 N–H and O–H groups in total. The zero-order valence-corrected chi connectivity index (χ0v) is 13.6. The molecule has 0 radical (unpaired) electrons. The molecule has 2 aliphatic rings. The van der Waals surface area contributed by atoms with E-state index in [1.807, 2.05) is 6.92 Å². The third-order valence-electron chi connectivity index (χ3n) is 5.39. The predicted molar refractivity (Wildman–Crippen MR) is 82.3 cm³/mol. The van der Waals surface area contributed by atoms with Crippen LogP contribution in [0, 0.1) is 5.92 Å². The first-order valence-electron chi connectivity index (χ1n) is 8.24. The SMILES string of the molecule is CC(C)C(C)(O)CN1CCC(N2CCCC2C(=O)O)CC1. The summed E-state index contributed by atoms with van der Waals surface area (Å²) in [5.41, 5.74) is -0.649. The monoisotopic (exact) mass is 298 g/mol. The van der Waals surface area contributed by atoms with Gasteiger partial charge in [0, 0.05) is 12.6 Å². The summed E-state index contributed by atoms with van der Waals surface area (Å²) in [6.07, 6.45) is 3.81. The van der Waals surface area contributed by atoms with Gasteiger partial charge in [-0.2, -0.15) is 0 Å². The molecule has 2 heterocycles. The van der Waals surface area contributed by atoms with Gasteiger partial charge in [-0.25, -0.2) is 0 Å². The van der Waals surface area contributed by atoms with Gasteiger partial charge in [-0.15, -0.1) is 0 Å². The van der Waals surface area contributed by atoms with Gasteiger partial charge in [0.15, 0.2) is 0 Å². The van der Waals surface area contributed by atoms with Crippen molar-refractivity contribution in [2.75, 3.05) is 26.2 Å². The van der Waals surface area contributed by atoms with E-state index in [4.69, 9.17) is 0 Å². The van der Waals surface area contributed by atoms with Gasteiger partial charge in [0.05, 0.1) is 5.60 Å². The Kier molecular flexibility index (Phi) is 5.28. The summed E-state index contributed by atoms with van der Waals surface area (Å²) in [5.74, 6) is -0.428. The van der Waals surface area contributed by atoms with E-state index in [9.17, 15) is 15.0 Å². The Balaban J connectivity index is 1.85. The molecule has 5 nitrogen and oxygen atoms in total. The lowest BCUT2D eigenvalue weighted by Gasteiger charge is -2.41. The summed E-state index contributed by atoms with van der Waals surface area (Å²) in [6.45, 7) is 9.55. The lowest BCUT2D eigenvalue weighted by Crippen LogP contribution is -2.52. The number of nitrogens with zero attached hydrogens (tertiary/aromatic N) is 2. The molecule has 5 heteroatoms. The van der Waals surface area contributed by atoms with E-state index >= 15 is 0 Å². The first kappa shape index (κ1) is 16.7. The second-order valence-corrected chi connectivity index (χ2v) is 7.25. The normalized spacial score (nSPS) is 28.9. The van der Waals surface area contributed by atoms with Crippen LogP contribution in [0.4, 0.5) is 0 Å². The number of hydrogen-bond donors (Lipinski definition) is 2. The molecule has 0 saturated carbocycles. The fraction of sp³-hybridized carbons (Fsp3) is 0.938. The van der Waals surface area contributed by atoms with Crippen LogP contribution < -0.4 is 0 Å². The molecule has 0 bridgehead atoms. The van der Waals surface area contributed by atoms with Gasteiger partial charge in [-0.05, 0) is 58.2 Å². The van der Waals surface area contributed by atoms with Crippen LogP contribution in [-0.2, 0) is 4.79 Å². The van der Waals surface area contributed by atoms with Crippen molar-refractivity contribution in [3.8, 4) is 0 Å². The molecular formula is C16H30N2O3. The van der Waals surface area contributed by atoms with Gasteiger partial charge in [0.2, 0.25) is 0 Å². The number of rotatable bonds is 5. The highest BCUT2D eigenvalue weighted by atomic mass is 16.4. The Morgan fingerprint density at radius 3 is 2.38 bits per heavy atom. The maximum Gasteiger partial charge on any atom is 0.320 e. The molecular weight excluding hydrogens is 268 g/mol. The van der Waals surface area contributed by atoms with E-state index in [0.717, 1.165) is 45.3 Å². The summed E-state index contributed by atoms with van der Waals surface area (Å²) in [5, 5.41) is 19.7. The molecule has 0 aromatic rings. The second kappa shape index (κ2) is 6.63. The Morgan fingerprint density at radius 1 is 1.24 bits per heavy atom. The summed E-state index contributed by atoms with van der Waals surface area (Å²) in [4.78, 5) is 15.8. The van der Waals surface area contributed by atoms with Crippen molar-refractivity contribution in [1.82, 2.24) is 9.80 Å². The van der Waals surface area contributed by atoms with E-state index in [1.165, 1.54) is 0 Å². The largest absolute Gasteiger partial charge is 0.480 e. The molecule has 122 valence electrons. The van der Waals surface area contributed by atoms with E-state index in [2.05, 4.69) is 23.6 Å². The molecule has 2 aliphatic heterocycles. The van der Waals surface area contributed by atoms with Gasteiger partial charge in [0.25, 0.3) is 0 Å². The average Bonchev–Trinajstić information content (AvgIpc) is 2.88. The van der Waals surface area contributed by atoms with Gasteiger partial charge in [-0.3, -0.25) is 9.69 Å². The van der Waals surface area contributed by atoms with Crippen molar-refractivity contribution in [1.29, 1.82) is 0 Å². The number of hydrogen-bond acceptors (Lipinski definition) is 4. The van der Waals surface area contributed by atoms with E-state index < -0.39 is 11.6 Å². The zero-order chi connectivity index (χ0) is 15.6. The highest BCUT2D eigenvalue weighted by Crippen LogP contribution is 2.27. The Labute approximate surface area is 127 Å². The van der Waals surface area contributed by atoms with Crippen LogP contribution in [0.3, 0.4) is 0 Å². The first-order valence-corrected chi connectivity index (χ1v) is 8.24. The van der Waals surface area contributed by atoms with Gasteiger partial charge in [0.1, 0.15) is 6.04 Å². The van der Waals surface area contributed by atoms with E-state index in [-0.39, 0.29) is 12.0 Å². The van der Waals surface area contributed by atoms with Crippen LogP contribution in [0.2, 0.25) is 0 Å². The van der Waals surface area contributed by atoms with Crippen molar-refractivity contribution < 1.29 is 15.0 Å². The highest BCUT2D eigenvalue weighted by Gasteiger charge is 2.37. The third kappa shape index (κ3) is 3.96. The molecule has 0 aliphatic carbocycles. The minimum absolute atomic E-state index is 0.241. The van der Waals surface area contributed by atoms with Gasteiger partial charge < -0.3 is 15.1 Å². The molecule has 0 amide bonds. The summed E-state index contributed by atoms with van der Waals surface area (Å²) >= 11 is 0.